The van der Waals surface area contributed by atoms with Crippen LogP contribution in [-0.2, 0) is 4.79 Å². The summed E-state index contributed by atoms with van der Waals surface area (Å²) in [5, 5.41) is 8.55. The number of carbonyl (C=O) groups is 2. The first-order valence-electron chi connectivity index (χ1n) is 10.6. The van der Waals surface area contributed by atoms with Crippen LogP contribution in [0.4, 0.5) is 9.18 Å². The molecule has 33 heavy (non-hydrogen) atoms. The highest BCUT2D eigenvalue weighted by Crippen LogP contribution is 2.37. The quantitative estimate of drug-likeness (QED) is 0.691. The van der Waals surface area contributed by atoms with Crippen LogP contribution in [-0.4, -0.2) is 61.4 Å². The molecule has 0 saturated carbocycles. The molecule has 1 N–H and O–H groups in total. The first-order chi connectivity index (χ1) is 15.7. The molecule has 8 nitrogen and oxygen atoms in total. The molecule has 3 rings (SSSR count). The van der Waals surface area contributed by atoms with Crippen LogP contribution in [0.1, 0.15) is 37.4 Å². The van der Waals surface area contributed by atoms with Gasteiger partial charge in [0.05, 0.1) is 26.0 Å². The third kappa shape index (κ3) is 5.42. The standard InChI is InChI=1S/C24H29FN4O4/c1-15(2)26-24(31)28(3)14-23(30)29-20(16-10-11-21(32-4)22(12-16)33-5)13-19(27-29)17-8-6-7-9-18(17)25/h6-12,15,20H,13-14H2,1-5H3,(H,26,31)/t20-/m1/s1. The van der Waals surface area contributed by atoms with Crippen molar-refractivity contribution in [2.24, 2.45) is 5.10 Å². The van der Waals surface area contributed by atoms with Crippen LogP contribution in [0.2, 0.25) is 0 Å². The van der Waals surface area contributed by atoms with Crippen molar-refractivity contribution in [3.05, 3.63) is 59.4 Å². The van der Waals surface area contributed by atoms with Gasteiger partial charge >= 0.3 is 6.03 Å². The molecule has 1 aliphatic heterocycles. The Hall–Kier alpha value is -3.62. The number of rotatable bonds is 7. The van der Waals surface area contributed by atoms with E-state index in [1.807, 2.05) is 19.9 Å². The van der Waals surface area contributed by atoms with E-state index in [1.165, 1.54) is 23.1 Å². The molecule has 9 heteroatoms. The Morgan fingerprint density at radius 2 is 1.88 bits per heavy atom. The highest BCUT2D eigenvalue weighted by molar-refractivity contribution is 6.03. The molecule has 176 valence electrons. The number of halogens is 1. The van der Waals surface area contributed by atoms with Gasteiger partial charge < -0.3 is 19.7 Å². The zero-order chi connectivity index (χ0) is 24.1. The van der Waals surface area contributed by atoms with Crippen molar-refractivity contribution in [3.8, 4) is 11.5 Å². The minimum atomic E-state index is -0.492. The average Bonchev–Trinajstić information content (AvgIpc) is 3.23. The molecular weight excluding hydrogens is 427 g/mol. The molecule has 2 aromatic rings. The number of nitrogens with one attached hydrogen (secondary N) is 1. The number of methoxy groups -OCH3 is 2. The number of carbonyl (C=O) groups excluding carboxylic acids is 2. The third-order valence-electron chi connectivity index (χ3n) is 5.27. The number of hydrazone groups is 1. The van der Waals surface area contributed by atoms with Crippen LogP contribution in [0.5, 0.6) is 11.5 Å². The van der Waals surface area contributed by atoms with Crippen LogP contribution in [0.15, 0.2) is 47.6 Å². The minimum Gasteiger partial charge on any atom is -0.493 e. The van der Waals surface area contributed by atoms with E-state index in [4.69, 9.17) is 9.47 Å². The lowest BCUT2D eigenvalue weighted by atomic mass is 9.97. The topological polar surface area (TPSA) is 83.5 Å². The van der Waals surface area contributed by atoms with Crippen LogP contribution in [0, 0.1) is 5.82 Å². The van der Waals surface area contributed by atoms with Gasteiger partial charge in [-0.2, -0.15) is 5.10 Å². The molecule has 0 spiro atoms. The summed E-state index contributed by atoms with van der Waals surface area (Å²) < 4.78 is 25.2. The number of urea groups is 1. The van der Waals surface area contributed by atoms with E-state index in [0.29, 0.717) is 29.2 Å². The van der Waals surface area contributed by atoms with Crippen molar-refractivity contribution in [1.82, 2.24) is 15.2 Å². The number of hydrogen-bond acceptors (Lipinski definition) is 5. The van der Waals surface area contributed by atoms with Gasteiger partial charge in [-0.05, 0) is 37.6 Å². The summed E-state index contributed by atoms with van der Waals surface area (Å²) in [6.07, 6.45) is 0.310. The minimum absolute atomic E-state index is 0.0629. The van der Waals surface area contributed by atoms with Crippen molar-refractivity contribution in [2.45, 2.75) is 32.4 Å². The van der Waals surface area contributed by atoms with Crippen molar-refractivity contribution in [3.63, 3.8) is 0 Å². The largest absolute Gasteiger partial charge is 0.493 e. The maximum Gasteiger partial charge on any atom is 0.317 e. The summed E-state index contributed by atoms with van der Waals surface area (Å²) in [6, 6.07) is 10.7. The smallest absolute Gasteiger partial charge is 0.317 e. The van der Waals surface area contributed by atoms with Crippen molar-refractivity contribution in [2.75, 3.05) is 27.8 Å². The number of nitrogens with zero attached hydrogens (tertiary/aromatic N) is 3. The molecular formula is C24H29FN4O4. The zero-order valence-electron chi connectivity index (χ0n) is 19.5. The number of likely N-dealkylation sites (N-methyl/N-ethyl adjacent to an activating group) is 1. The normalized spacial score (nSPS) is 15.3. The highest BCUT2D eigenvalue weighted by Gasteiger charge is 2.35. The second kappa shape index (κ2) is 10.3. The molecule has 0 bridgehead atoms. The lowest BCUT2D eigenvalue weighted by molar-refractivity contribution is -0.133. The van der Waals surface area contributed by atoms with Gasteiger partial charge in [0.15, 0.2) is 11.5 Å². The molecule has 0 aromatic heterocycles. The Kier molecular flexibility index (Phi) is 7.52. The van der Waals surface area contributed by atoms with Crippen LogP contribution < -0.4 is 14.8 Å². The molecule has 0 aliphatic carbocycles. The lowest BCUT2D eigenvalue weighted by Gasteiger charge is -2.26. The number of hydrogen-bond donors (Lipinski definition) is 1. The summed E-state index contributed by atoms with van der Waals surface area (Å²) in [4.78, 5) is 26.8. The van der Waals surface area contributed by atoms with E-state index in [-0.39, 0.29) is 24.5 Å². The van der Waals surface area contributed by atoms with Gasteiger partial charge in [0, 0.05) is 25.1 Å². The number of amides is 3. The fourth-order valence-corrected chi connectivity index (χ4v) is 3.62. The summed E-state index contributed by atoms with van der Waals surface area (Å²) in [7, 11) is 4.61. The predicted molar refractivity (Wildman–Crippen MR) is 123 cm³/mol. The Morgan fingerprint density at radius 1 is 1.18 bits per heavy atom. The fraction of sp³-hybridized carbons (Fsp3) is 0.375. The molecule has 2 aromatic carbocycles. The monoisotopic (exact) mass is 456 g/mol. The molecule has 1 aliphatic rings. The maximum absolute atomic E-state index is 14.5. The van der Waals surface area contributed by atoms with Gasteiger partial charge in [-0.3, -0.25) is 4.79 Å². The van der Waals surface area contributed by atoms with Crippen LogP contribution in [0.25, 0.3) is 0 Å². The number of ether oxygens (including phenoxy) is 2. The Balaban J connectivity index is 1.93. The molecule has 0 unspecified atom stereocenters. The summed E-state index contributed by atoms with van der Waals surface area (Å²) in [5.74, 6) is 0.264. The van der Waals surface area contributed by atoms with E-state index in [0.717, 1.165) is 5.56 Å². The van der Waals surface area contributed by atoms with E-state index < -0.39 is 11.9 Å². The Morgan fingerprint density at radius 3 is 2.52 bits per heavy atom. The Bertz CT molecular complexity index is 1060. The van der Waals surface area contributed by atoms with Gasteiger partial charge in [-0.25, -0.2) is 14.2 Å². The van der Waals surface area contributed by atoms with Crippen molar-refractivity contribution >= 4 is 17.6 Å². The van der Waals surface area contributed by atoms with Gasteiger partial charge in [0.2, 0.25) is 0 Å². The van der Waals surface area contributed by atoms with Gasteiger partial charge in [0.25, 0.3) is 5.91 Å². The molecule has 1 heterocycles. The molecule has 1 atom stereocenters. The van der Waals surface area contributed by atoms with E-state index in [1.54, 1.807) is 44.5 Å². The fourth-order valence-electron chi connectivity index (χ4n) is 3.62. The van der Waals surface area contributed by atoms with E-state index in [2.05, 4.69) is 10.4 Å². The predicted octanol–water partition coefficient (Wildman–Crippen LogP) is 3.57. The summed E-state index contributed by atoms with van der Waals surface area (Å²) in [6.45, 7) is 3.49. The maximum atomic E-state index is 14.5. The SMILES string of the molecule is COc1ccc([C@H]2CC(c3ccccc3F)=NN2C(=O)CN(C)C(=O)NC(C)C)cc1OC. The first kappa shape index (κ1) is 24.0. The molecule has 3 amide bonds. The molecule has 0 radical (unpaired) electrons. The second-order valence-electron chi connectivity index (χ2n) is 8.06. The molecule has 0 fully saturated rings. The zero-order valence-corrected chi connectivity index (χ0v) is 19.5. The summed E-state index contributed by atoms with van der Waals surface area (Å²) >= 11 is 0. The van der Waals surface area contributed by atoms with Crippen LogP contribution in [0.3, 0.4) is 0 Å². The highest BCUT2D eigenvalue weighted by atomic mass is 19.1. The van der Waals surface area contributed by atoms with E-state index in [9.17, 15) is 14.0 Å². The van der Waals surface area contributed by atoms with Crippen molar-refractivity contribution < 1.29 is 23.5 Å². The van der Waals surface area contributed by atoms with Gasteiger partial charge in [-0.1, -0.05) is 24.3 Å². The second-order valence-corrected chi connectivity index (χ2v) is 8.06. The first-order valence-corrected chi connectivity index (χ1v) is 10.6. The third-order valence-corrected chi connectivity index (χ3v) is 5.27. The van der Waals surface area contributed by atoms with Crippen molar-refractivity contribution in [1.29, 1.82) is 0 Å². The summed E-state index contributed by atoms with van der Waals surface area (Å²) in [5.41, 5.74) is 1.55. The Labute approximate surface area is 193 Å². The van der Waals surface area contributed by atoms with E-state index >= 15 is 0 Å². The number of benzene rings is 2. The lowest BCUT2D eigenvalue weighted by Crippen LogP contribution is -2.45. The van der Waals surface area contributed by atoms with Gasteiger partial charge in [-0.15, -0.1) is 0 Å². The molecule has 0 saturated heterocycles. The average molecular weight is 457 g/mol. The van der Waals surface area contributed by atoms with Crippen LogP contribution >= 0.6 is 0 Å². The van der Waals surface area contributed by atoms with Gasteiger partial charge in [0.1, 0.15) is 12.4 Å².